The second kappa shape index (κ2) is 12.7. The molecule has 46 heavy (non-hydrogen) atoms. The summed E-state index contributed by atoms with van der Waals surface area (Å²) in [7, 11) is 0. The lowest BCUT2D eigenvalue weighted by Gasteiger charge is -1.98. The van der Waals surface area contributed by atoms with Crippen LogP contribution >= 0.6 is 22.7 Å². The van der Waals surface area contributed by atoms with Crippen molar-refractivity contribution >= 4 is 34.2 Å². The van der Waals surface area contributed by atoms with Crippen molar-refractivity contribution in [3.05, 3.63) is 140 Å². The van der Waals surface area contributed by atoms with Gasteiger partial charge in [0, 0.05) is 48.4 Å². The molecular weight excluding hydrogens is 609 g/mol. The molecule has 0 fully saturated rings. The molecule has 0 aliphatic heterocycles. The highest BCUT2D eigenvalue weighted by Gasteiger charge is 2.15. The topological polar surface area (TPSA) is 86.2 Å². The first-order chi connectivity index (χ1) is 22.4. The first-order valence-corrected chi connectivity index (χ1v) is 16.8. The Morgan fingerprint density at radius 3 is 1.35 bits per heavy atom. The number of nitrogens with zero attached hydrogens (tertiary/aromatic N) is 8. The van der Waals surface area contributed by atoms with Gasteiger partial charge in [-0.3, -0.25) is 8.80 Å². The fraction of sp³-hybridized carbons (Fsp3) is 0.167. The molecule has 0 saturated carbocycles. The smallest absolute Gasteiger partial charge is 0.234 e. The van der Waals surface area contributed by atoms with Crippen LogP contribution in [0.25, 0.3) is 34.3 Å². The average molecular weight is 641 g/mol. The summed E-state index contributed by atoms with van der Waals surface area (Å²) < 4.78 is 3.99. The Morgan fingerprint density at radius 2 is 0.957 bits per heavy atom. The molecule has 0 aliphatic rings. The van der Waals surface area contributed by atoms with E-state index in [4.69, 9.17) is 9.97 Å². The van der Waals surface area contributed by atoms with Crippen molar-refractivity contribution in [3.63, 3.8) is 0 Å². The zero-order valence-corrected chi connectivity index (χ0v) is 27.7. The number of fused-ring (bicyclic) bond motifs is 2. The number of aromatic nitrogens is 8. The van der Waals surface area contributed by atoms with Crippen molar-refractivity contribution in [3.8, 4) is 22.8 Å². The monoisotopic (exact) mass is 640 g/mol. The second-order valence-electron chi connectivity index (χ2n) is 11.2. The van der Waals surface area contributed by atoms with E-state index in [-0.39, 0.29) is 0 Å². The maximum absolute atomic E-state index is 4.77. The maximum atomic E-state index is 4.77. The molecule has 0 radical (unpaired) electrons. The molecule has 0 unspecified atom stereocenters. The first kappa shape index (κ1) is 29.6. The summed E-state index contributed by atoms with van der Waals surface area (Å²) in [6.07, 6.45) is 9.19. The predicted octanol–water partition coefficient (Wildman–Crippen LogP) is 8.12. The lowest BCUT2D eigenvalue weighted by molar-refractivity contribution is 1.06. The summed E-state index contributed by atoms with van der Waals surface area (Å²) in [5, 5.41) is 6.37. The van der Waals surface area contributed by atoms with Crippen LogP contribution in [-0.2, 0) is 12.8 Å². The van der Waals surface area contributed by atoms with Gasteiger partial charge < -0.3 is 0 Å². The van der Waals surface area contributed by atoms with E-state index in [0.717, 1.165) is 57.0 Å². The second-order valence-corrected chi connectivity index (χ2v) is 13.1. The molecule has 6 aromatic heterocycles. The van der Waals surface area contributed by atoms with E-state index >= 15 is 0 Å². The Morgan fingerprint density at radius 1 is 0.543 bits per heavy atom. The minimum Gasteiger partial charge on any atom is -0.288 e. The summed E-state index contributed by atoms with van der Waals surface area (Å²) in [6.45, 7) is 8.31. The Bertz CT molecular complexity index is 2090. The van der Waals surface area contributed by atoms with Crippen LogP contribution in [0, 0.1) is 27.7 Å². The van der Waals surface area contributed by atoms with Gasteiger partial charge in [0.15, 0.2) is 0 Å². The molecule has 0 N–H and O–H groups in total. The number of imidazole rings is 2. The van der Waals surface area contributed by atoms with E-state index in [9.17, 15) is 0 Å². The molecule has 0 atom stereocenters. The average Bonchev–Trinajstić information content (AvgIpc) is 3.87. The molecule has 8 rings (SSSR count). The van der Waals surface area contributed by atoms with Crippen LogP contribution in [0.4, 0.5) is 0 Å². The maximum Gasteiger partial charge on any atom is 0.234 e. The van der Waals surface area contributed by atoms with Crippen LogP contribution in [0.3, 0.4) is 0 Å². The van der Waals surface area contributed by atoms with Crippen LogP contribution in [0.1, 0.15) is 43.7 Å². The predicted molar refractivity (Wildman–Crippen MR) is 186 cm³/mol. The molecule has 6 heterocycles. The Balaban J connectivity index is 0.000000147. The van der Waals surface area contributed by atoms with Gasteiger partial charge in [-0.15, -0.1) is 22.7 Å². The Labute approximate surface area is 275 Å². The molecular formula is C36H32N8S2. The van der Waals surface area contributed by atoms with Gasteiger partial charge in [-0.05, 0) is 51.0 Å². The Kier molecular flexibility index (Phi) is 8.21. The van der Waals surface area contributed by atoms with Gasteiger partial charge in [-0.1, -0.05) is 59.7 Å². The van der Waals surface area contributed by atoms with Crippen LogP contribution in [0.2, 0.25) is 0 Å². The fourth-order valence-electron chi connectivity index (χ4n) is 5.25. The lowest BCUT2D eigenvalue weighted by atomic mass is 10.1. The normalized spacial score (nSPS) is 11.2. The largest absolute Gasteiger partial charge is 0.288 e. The Hall–Kier alpha value is -5.06. The van der Waals surface area contributed by atoms with Crippen molar-refractivity contribution in [2.24, 2.45) is 0 Å². The van der Waals surface area contributed by atoms with E-state index in [1.165, 1.54) is 22.3 Å². The van der Waals surface area contributed by atoms with E-state index in [1.54, 1.807) is 35.1 Å². The SMILES string of the molecule is Cc1ccc(Cc2nc(-c3nc4ncccn4c3C)cs2)cc1.Cc1ccc(Cc2nc(-c3nc4ncccn4c3C)cs2)cc1. The van der Waals surface area contributed by atoms with Gasteiger partial charge in [-0.25, -0.2) is 29.9 Å². The fourth-order valence-corrected chi connectivity index (χ4v) is 6.88. The third-order valence-corrected chi connectivity index (χ3v) is 9.52. The molecule has 0 spiro atoms. The number of hydrogen-bond donors (Lipinski definition) is 0. The van der Waals surface area contributed by atoms with E-state index < -0.39 is 0 Å². The molecule has 10 heteroatoms. The van der Waals surface area contributed by atoms with Gasteiger partial charge in [-0.2, -0.15) is 0 Å². The standard InChI is InChI=1S/2C18H16N4S/c2*1-12-4-6-14(7-5-12)10-16-20-15(11-23-16)17-13(2)22-9-3-8-19-18(22)21-17/h2*3-9,11H,10H2,1-2H3. The van der Waals surface area contributed by atoms with Gasteiger partial charge >= 0.3 is 0 Å². The van der Waals surface area contributed by atoms with Crippen LogP contribution in [0.15, 0.2) is 96.2 Å². The van der Waals surface area contributed by atoms with Crippen molar-refractivity contribution in [1.82, 2.24) is 38.7 Å². The molecule has 0 amide bonds. The molecule has 0 aliphatic carbocycles. The number of hydrogen-bond acceptors (Lipinski definition) is 8. The van der Waals surface area contributed by atoms with Gasteiger partial charge in [0.05, 0.1) is 21.4 Å². The summed E-state index contributed by atoms with van der Waals surface area (Å²) in [4.78, 5) is 27.4. The number of thiazole rings is 2. The third-order valence-electron chi connectivity index (χ3n) is 7.83. The van der Waals surface area contributed by atoms with Crippen LogP contribution in [-0.4, -0.2) is 38.7 Å². The highest BCUT2D eigenvalue weighted by atomic mass is 32.1. The molecule has 0 bridgehead atoms. The number of aryl methyl sites for hydroxylation is 4. The van der Waals surface area contributed by atoms with Crippen molar-refractivity contribution in [2.75, 3.05) is 0 Å². The minimum atomic E-state index is 0.716. The summed E-state index contributed by atoms with van der Waals surface area (Å²) in [6, 6.07) is 21.0. The lowest BCUT2D eigenvalue weighted by Crippen LogP contribution is -1.89. The van der Waals surface area contributed by atoms with E-state index in [2.05, 4.69) is 107 Å². The van der Waals surface area contributed by atoms with Crippen molar-refractivity contribution in [2.45, 2.75) is 40.5 Å². The first-order valence-electron chi connectivity index (χ1n) is 15.0. The van der Waals surface area contributed by atoms with Crippen LogP contribution in [0.5, 0.6) is 0 Å². The zero-order chi connectivity index (χ0) is 31.6. The summed E-state index contributed by atoms with van der Waals surface area (Å²) >= 11 is 3.36. The minimum absolute atomic E-state index is 0.716. The quantitative estimate of drug-likeness (QED) is 0.183. The molecule has 228 valence electrons. The van der Waals surface area contributed by atoms with Crippen LogP contribution < -0.4 is 0 Å². The highest BCUT2D eigenvalue weighted by molar-refractivity contribution is 7.10. The summed E-state index contributed by atoms with van der Waals surface area (Å²) in [5.74, 6) is 1.43. The molecule has 8 nitrogen and oxygen atoms in total. The highest BCUT2D eigenvalue weighted by Crippen LogP contribution is 2.27. The molecule has 8 aromatic rings. The van der Waals surface area contributed by atoms with Crippen molar-refractivity contribution < 1.29 is 0 Å². The third kappa shape index (κ3) is 6.22. The molecule has 0 saturated heterocycles. The number of benzene rings is 2. The van der Waals surface area contributed by atoms with Crippen molar-refractivity contribution in [1.29, 1.82) is 0 Å². The number of rotatable bonds is 6. The summed E-state index contributed by atoms with van der Waals surface area (Å²) in [5.41, 5.74) is 10.9. The zero-order valence-electron chi connectivity index (χ0n) is 26.0. The van der Waals surface area contributed by atoms with E-state index in [1.807, 2.05) is 33.3 Å². The van der Waals surface area contributed by atoms with Gasteiger partial charge in [0.25, 0.3) is 0 Å². The van der Waals surface area contributed by atoms with Gasteiger partial charge in [0.2, 0.25) is 11.6 Å². The molecule has 2 aromatic carbocycles. The van der Waals surface area contributed by atoms with E-state index in [0.29, 0.717) is 11.6 Å². The van der Waals surface area contributed by atoms with Gasteiger partial charge in [0.1, 0.15) is 22.8 Å².